The molecule has 6 heteroatoms. The van der Waals surface area contributed by atoms with Crippen LogP contribution in [0.1, 0.15) is 24.3 Å². The van der Waals surface area contributed by atoms with Gasteiger partial charge in [0.25, 0.3) is 5.91 Å². The summed E-state index contributed by atoms with van der Waals surface area (Å²) in [7, 11) is 5.77. The number of likely N-dealkylation sites (N-methyl/N-ethyl adjacent to an activating group) is 1. The van der Waals surface area contributed by atoms with Gasteiger partial charge >= 0.3 is 0 Å². The molecule has 1 rings (SSSR count). The van der Waals surface area contributed by atoms with E-state index in [0.717, 1.165) is 13.1 Å². The Morgan fingerprint density at radius 2 is 1.95 bits per heavy atom. The number of hydrogen-bond acceptors (Lipinski definition) is 5. The lowest BCUT2D eigenvalue weighted by molar-refractivity contribution is 0.0717. The predicted octanol–water partition coefficient (Wildman–Crippen LogP) is 1.18. The molecule has 1 N–H and O–H groups in total. The molecule has 0 aliphatic rings. The second-order valence-corrected chi connectivity index (χ2v) is 5.50. The number of amides is 1. The maximum absolute atomic E-state index is 12.5. The predicted molar refractivity (Wildman–Crippen MR) is 80.9 cm³/mol. The zero-order chi connectivity index (χ0) is 15.1. The molecule has 0 spiro atoms. The molecule has 20 heavy (non-hydrogen) atoms. The van der Waals surface area contributed by atoms with E-state index in [4.69, 9.17) is 0 Å². The lowest BCUT2D eigenvalue weighted by Crippen LogP contribution is -2.39. The van der Waals surface area contributed by atoms with Crippen molar-refractivity contribution in [2.75, 3.05) is 46.1 Å². The van der Waals surface area contributed by atoms with E-state index < -0.39 is 0 Å². The van der Waals surface area contributed by atoms with Crippen LogP contribution in [0.4, 0.5) is 5.82 Å². The van der Waals surface area contributed by atoms with E-state index >= 15 is 0 Å². The fourth-order valence-corrected chi connectivity index (χ4v) is 1.78. The summed E-state index contributed by atoms with van der Waals surface area (Å²) in [6.07, 6.45) is 0. The standard InChI is InChI=1S/C14H25N5O/c1-11(2)10-19(9-8-18(4)5)14(20)12-6-7-13(15-3)17-16-12/h6-7,11H,8-10H2,1-5H3,(H,15,17). The molecule has 1 aromatic rings. The van der Waals surface area contributed by atoms with Crippen molar-refractivity contribution in [3.05, 3.63) is 17.8 Å². The van der Waals surface area contributed by atoms with Gasteiger partial charge in [0.1, 0.15) is 5.82 Å². The zero-order valence-electron chi connectivity index (χ0n) is 13.1. The molecule has 0 fully saturated rings. The van der Waals surface area contributed by atoms with E-state index in [1.165, 1.54) is 0 Å². The van der Waals surface area contributed by atoms with Crippen molar-refractivity contribution in [2.45, 2.75) is 13.8 Å². The first-order valence-electron chi connectivity index (χ1n) is 6.89. The first-order valence-corrected chi connectivity index (χ1v) is 6.89. The third kappa shape index (κ3) is 5.13. The summed E-state index contributed by atoms with van der Waals surface area (Å²) in [6.45, 7) is 6.46. The smallest absolute Gasteiger partial charge is 0.274 e. The van der Waals surface area contributed by atoms with Gasteiger partial charge in [0, 0.05) is 26.7 Å². The van der Waals surface area contributed by atoms with Crippen LogP contribution in [0.2, 0.25) is 0 Å². The summed E-state index contributed by atoms with van der Waals surface area (Å²) in [4.78, 5) is 16.4. The Morgan fingerprint density at radius 3 is 2.40 bits per heavy atom. The van der Waals surface area contributed by atoms with Crippen molar-refractivity contribution in [1.82, 2.24) is 20.0 Å². The van der Waals surface area contributed by atoms with Gasteiger partial charge < -0.3 is 15.1 Å². The normalized spacial score (nSPS) is 10.9. The average Bonchev–Trinajstić information content (AvgIpc) is 2.42. The van der Waals surface area contributed by atoms with Gasteiger partial charge in [-0.3, -0.25) is 4.79 Å². The Balaban J connectivity index is 2.79. The van der Waals surface area contributed by atoms with E-state index in [1.54, 1.807) is 19.2 Å². The highest BCUT2D eigenvalue weighted by Gasteiger charge is 2.18. The maximum Gasteiger partial charge on any atom is 0.274 e. The van der Waals surface area contributed by atoms with E-state index in [1.807, 2.05) is 19.0 Å². The van der Waals surface area contributed by atoms with Crippen LogP contribution in [-0.4, -0.2) is 66.7 Å². The molecule has 0 radical (unpaired) electrons. The van der Waals surface area contributed by atoms with Crippen LogP contribution in [0.25, 0.3) is 0 Å². The number of aromatic nitrogens is 2. The Morgan fingerprint density at radius 1 is 1.25 bits per heavy atom. The van der Waals surface area contributed by atoms with Gasteiger partial charge in [0.05, 0.1) is 0 Å². The summed E-state index contributed by atoms with van der Waals surface area (Å²) in [5.41, 5.74) is 0.392. The minimum absolute atomic E-state index is 0.0595. The second-order valence-electron chi connectivity index (χ2n) is 5.50. The Labute approximate surface area is 121 Å². The molecule has 0 atom stereocenters. The molecule has 1 amide bonds. The molecular formula is C14H25N5O. The van der Waals surface area contributed by atoms with Crippen LogP contribution in [-0.2, 0) is 0 Å². The molecular weight excluding hydrogens is 254 g/mol. The molecule has 1 aromatic heterocycles. The van der Waals surface area contributed by atoms with Gasteiger partial charge in [-0.1, -0.05) is 13.8 Å². The molecule has 0 aliphatic carbocycles. The van der Waals surface area contributed by atoms with Gasteiger partial charge in [0.15, 0.2) is 5.69 Å². The molecule has 0 aliphatic heterocycles. The maximum atomic E-state index is 12.5. The highest BCUT2D eigenvalue weighted by atomic mass is 16.2. The number of carbonyl (C=O) groups is 1. The van der Waals surface area contributed by atoms with Gasteiger partial charge in [-0.25, -0.2) is 0 Å². The molecule has 0 bridgehead atoms. The summed E-state index contributed by atoms with van der Waals surface area (Å²) >= 11 is 0. The average molecular weight is 279 g/mol. The highest BCUT2D eigenvalue weighted by Crippen LogP contribution is 2.07. The van der Waals surface area contributed by atoms with Crippen LogP contribution in [0.3, 0.4) is 0 Å². The Bertz CT molecular complexity index is 416. The third-order valence-corrected chi connectivity index (χ3v) is 2.83. The fourth-order valence-electron chi connectivity index (χ4n) is 1.78. The lowest BCUT2D eigenvalue weighted by atomic mass is 10.2. The first kappa shape index (κ1) is 16.4. The number of nitrogens with zero attached hydrogens (tertiary/aromatic N) is 4. The molecule has 6 nitrogen and oxygen atoms in total. The quantitative estimate of drug-likeness (QED) is 0.812. The van der Waals surface area contributed by atoms with Crippen molar-refractivity contribution in [2.24, 2.45) is 5.92 Å². The van der Waals surface area contributed by atoms with Crippen molar-refractivity contribution >= 4 is 11.7 Å². The Kier molecular flexibility index (Phi) is 6.38. The number of anilines is 1. The summed E-state index contributed by atoms with van der Waals surface area (Å²) in [6, 6.07) is 3.48. The number of hydrogen-bond donors (Lipinski definition) is 1. The van der Waals surface area contributed by atoms with E-state index in [2.05, 4.69) is 34.3 Å². The van der Waals surface area contributed by atoms with Crippen molar-refractivity contribution in [3.8, 4) is 0 Å². The number of nitrogens with one attached hydrogen (secondary N) is 1. The second kappa shape index (κ2) is 7.79. The minimum Gasteiger partial charge on any atom is -0.372 e. The van der Waals surface area contributed by atoms with Gasteiger partial charge in [-0.05, 0) is 32.1 Å². The molecule has 112 valence electrons. The summed E-state index contributed by atoms with van der Waals surface area (Å²) in [5, 5.41) is 10.8. The van der Waals surface area contributed by atoms with Gasteiger partial charge in [-0.2, -0.15) is 0 Å². The van der Waals surface area contributed by atoms with Crippen molar-refractivity contribution in [3.63, 3.8) is 0 Å². The van der Waals surface area contributed by atoms with Crippen LogP contribution in [0.15, 0.2) is 12.1 Å². The summed E-state index contributed by atoms with van der Waals surface area (Å²) < 4.78 is 0. The third-order valence-electron chi connectivity index (χ3n) is 2.83. The molecule has 1 heterocycles. The lowest BCUT2D eigenvalue weighted by Gasteiger charge is -2.25. The van der Waals surface area contributed by atoms with Gasteiger partial charge in [-0.15, -0.1) is 10.2 Å². The first-order chi connectivity index (χ1) is 9.43. The fraction of sp³-hybridized carbons (Fsp3) is 0.643. The SMILES string of the molecule is CNc1ccc(C(=O)N(CCN(C)C)CC(C)C)nn1. The topological polar surface area (TPSA) is 61.4 Å². The molecule has 0 aromatic carbocycles. The Hall–Kier alpha value is -1.69. The highest BCUT2D eigenvalue weighted by molar-refractivity contribution is 5.92. The van der Waals surface area contributed by atoms with Crippen LogP contribution < -0.4 is 5.32 Å². The van der Waals surface area contributed by atoms with Crippen LogP contribution >= 0.6 is 0 Å². The van der Waals surface area contributed by atoms with Crippen molar-refractivity contribution < 1.29 is 4.79 Å². The van der Waals surface area contributed by atoms with E-state index in [9.17, 15) is 4.79 Å². The van der Waals surface area contributed by atoms with Crippen molar-refractivity contribution in [1.29, 1.82) is 0 Å². The zero-order valence-corrected chi connectivity index (χ0v) is 13.1. The number of rotatable bonds is 7. The number of carbonyl (C=O) groups excluding carboxylic acids is 1. The summed E-state index contributed by atoms with van der Waals surface area (Å²) in [5.74, 6) is 1.02. The molecule has 0 saturated heterocycles. The molecule has 0 unspecified atom stereocenters. The van der Waals surface area contributed by atoms with E-state index in [0.29, 0.717) is 24.0 Å². The van der Waals surface area contributed by atoms with Crippen LogP contribution in [0.5, 0.6) is 0 Å². The minimum atomic E-state index is -0.0595. The monoisotopic (exact) mass is 279 g/mol. The van der Waals surface area contributed by atoms with Gasteiger partial charge in [0.2, 0.25) is 0 Å². The van der Waals surface area contributed by atoms with Crippen LogP contribution in [0, 0.1) is 5.92 Å². The van der Waals surface area contributed by atoms with E-state index in [-0.39, 0.29) is 5.91 Å². The largest absolute Gasteiger partial charge is 0.372 e. The molecule has 0 saturated carbocycles.